The van der Waals surface area contributed by atoms with Crippen molar-refractivity contribution in [1.82, 2.24) is 10.5 Å². The van der Waals surface area contributed by atoms with Gasteiger partial charge in [0.2, 0.25) is 0 Å². The van der Waals surface area contributed by atoms with Crippen LogP contribution in [0, 0.1) is 0 Å². The lowest BCUT2D eigenvalue weighted by atomic mass is 10.1. The molecule has 0 aliphatic rings. The van der Waals surface area contributed by atoms with Gasteiger partial charge in [0.25, 0.3) is 0 Å². The van der Waals surface area contributed by atoms with Gasteiger partial charge in [-0.2, -0.15) is 0 Å². The Balaban J connectivity index is 1.71. The summed E-state index contributed by atoms with van der Waals surface area (Å²) in [5.74, 6) is 1.17. The molecule has 4 nitrogen and oxygen atoms in total. The van der Waals surface area contributed by atoms with Gasteiger partial charge in [0, 0.05) is 12.1 Å². The van der Waals surface area contributed by atoms with Crippen LogP contribution in [-0.4, -0.2) is 16.3 Å². The van der Waals surface area contributed by atoms with Gasteiger partial charge >= 0.3 is 0 Å². The zero-order valence-electron chi connectivity index (χ0n) is 10.5. The van der Waals surface area contributed by atoms with Gasteiger partial charge in [0.15, 0.2) is 0 Å². The molecule has 1 heterocycles. The summed E-state index contributed by atoms with van der Waals surface area (Å²) in [6, 6.07) is 9.63. The highest BCUT2D eigenvalue weighted by Crippen LogP contribution is 2.12. The molecule has 4 heteroatoms. The van der Waals surface area contributed by atoms with E-state index in [1.165, 1.54) is 5.56 Å². The molecule has 0 amide bonds. The number of rotatable bonds is 6. The molecular weight excluding hydrogens is 228 g/mol. The molecule has 0 saturated heterocycles. The molecule has 0 aliphatic carbocycles. The minimum atomic E-state index is 0.315. The first-order chi connectivity index (χ1) is 8.74. The van der Waals surface area contributed by atoms with E-state index >= 15 is 0 Å². The SMILES string of the molecule is CC(CCc1ccc(O)cc1)NCc1ccno1. The molecule has 1 aromatic heterocycles. The monoisotopic (exact) mass is 246 g/mol. The van der Waals surface area contributed by atoms with Crippen LogP contribution in [0.1, 0.15) is 24.7 Å². The standard InChI is InChI=1S/C14H18N2O2/c1-11(15-10-14-8-9-16-18-14)2-3-12-4-6-13(17)7-5-12/h4-9,11,15,17H,2-3,10H2,1H3. The van der Waals surface area contributed by atoms with E-state index in [0.717, 1.165) is 18.6 Å². The molecule has 0 aliphatic heterocycles. The summed E-state index contributed by atoms with van der Waals surface area (Å²) in [4.78, 5) is 0. The Labute approximate surface area is 107 Å². The van der Waals surface area contributed by atoms with Gasteiger partial charge in [-0.05, 0) is 37.5 Å². The number of nitrogens with one attached hydrogen (secondary N) is 1. The second-order valence-electron chi connectivity index (χ2n) is 4.47. The summed E-state index contributed by atoms with van der Waals surface area (Å²) in [5.41, 5.74) is 1.24. The molecule has 0 saturated carbocycles. The molecule has 0 spiro atoms. The molecule has 18 heavy (non-hydrogen) atoms. The number of aryl methyl sites for hydroxylation is 1. The Hall–Kier alpha value is -1.81. The first kappa shape index (κ1) is 12.6. The lowest BCUT2D eigenvalue weighted by Gasteiger charge is -2.12. The number of aromatic hydroxyl groups is 1. The molecule has 96 valence electrons. The van der Waals surface area contributed by atoms with Crippen LogP contribution in [0.5, 0.6) is 5.75 Å². The van der Waals surface area contributed by atoms with Crippen LogP contribution < -0.4 is 5.32 Å². The summed E-state index contributed by atoms with van der Waals surface area (Å²) in [6.45, 7) is 2.85. The van der Waals surface area contributed by atoms with Crippen LogP contribution in [0.2, 0.25) is 0 Å². The molecule has 1 unspecified atom stereocenters. The highest BCUT2D eigenvalue weighted by Gasteiger charge is 2.04. The molecule has 0 fully saturated rings. The lowest BCUT2D eigenvalue weighted by molar-refractivity contribution is 0.362. The van der Waals surface area contributed by atoms with E-state index in [4.69, 9.17) is 4.52 Å². The Morgan fingerprint density at radius 1 is 1.28 bits per heavy atom. The van der Waals surface area contributed by atoms with E-state index in [-0.39, 0.29) is 0 Å². The van der Waals surface area contributed by atoms with Gasteiger partial charge in [-0.1, -0.05) is 17.3 Å². The Morgan fingerprint density at radius 3 is 2.72 bits per heavy atom. The smallest absolute Gasteiger partial charge is 0.150 e. The maximum absolute atomic E-state index is 9.20. The third-order valence-electron chi connectivity index (χ3n) is 2.92. The number of benzene rings is 1. The lowest BCUT2D eigenvalue weighted by Crippen LogP contribution is -2.25. The molecule has 2 aromatic rings. The van der Waals surface area contributed by atoms with E-state index in [2.05, 4.69) is 17.4 Å². The fourth-order valence-electron chi connectivity index (χ4n) is 1.76. The van der Waals surface area contributed by atoms with E-state index in [9.17, 15) is 5.11 Å². The quantitative estimate of drug-likeness (QED) is 0.822. The third kappa shape index (κ3) is 3.89. The van der Waals surface area contributed by atoms with Crippen LogP contribution in [0.25, 0.3) is 0 Å². The third-order valence-corrected chi connectivity index (χ3v) is 2.92. The topological polar surface area (TPSA) is 58.3 Å². The van der Waals surface area contributed by atoms with Gasteiger partial charge in [0.05, 0.1) is 12.7 Å². The van der Waals surface area contributed by atoms with E-state index in [1.807, 2.05) is 18.2 Å². The van der Waals surface area contributed by atoms with Crippen molar-refractivity contribution in [3.8, 4) is 5.75 Å². The van der Waals surface area contributed by atoms with Crippen molar-refractivity contribution in [2.24, 2.45) is 0 Å². The molecule has 1 aromatic carbocycles. The van der Waals surface area contributed by atoms with Crippen molar-refractivity contribution < 1.29 is 9.63 Å². The summed E-state index contributed by atoms with van der Waals surface area (Å²) in [5, 5.41) is 16.2. The average Bonchev–Trinajstić information content (AvgIpc) is 2.89. The van der Waals surface area contributed by atoms with Crippen LogP contribution >= 0.6 is 0 Å². The van der Waals surface area contributed by atoms with Crippen LogP contribution in [0.3, 0.4) is 0 Å². The first-order valence-electron chi connectivity index (χ1n) is 6.15. The Morgan fingerprint density at radius 2 is 2.06 bits per heavy atom. The number of phenolic OH excluding ortho intramolecular Hbond substituents is 1. The second-order valence-corrected chi connectivity index (χ2v) is 4.47. The van der Waals surface area contributed by atoms with Gasteiger partial charge in [-0.15, -0.1) is 0 Å². The fraction of sp³-hybridized carbons (Fsp3) is 0.357. The molecule has 0 bridgehead atoms. The maximum Gasteiger partial charge on any atom is 0.150 e. The van der Waals surface area contributed by atoms with Crippen LogP contribution in [-0.2, 0) is 13.0 Å². The molecule has 2 rings (SSSR count). The van der Waals surface area contributed by atoms with Crippen molar-refractivity contribution in [2.45, 2.75) is 32.4 Å². The van der Waals surface area contributed by atoms with Crippen molar-refractivity contribution >= 4 is 0 Å². The first-order valence-corrected chi connectivity index (χ1v) is 6.15. The maximum atomic E-state index is 9.20. The Bertz CT molecular complexity index is 451. The van der Waals surface area contributed by atoms with Gasteiger partial charge < -0.3 is 14.9 Å². The van der Waals surface area contributed by atoms with Crippen LogP contribution in [0.4, 0.5) is 0 Å². The highest BCUT2D eigenvalue weighted by atomic mass is 16.5. The predicted octanol–water partition coefficient (Wildman–Crippen LogP) is 2.49. The number of aromatic nitrogens is 1. The highest BCUT2D eigenvalue weighted by molar-refractivity contribution is 5.25. The van der Waals surface area contributed by atoms with E-state index in [0.29, 0.717) is 18.3 Å². The molecule has 0 radical (unpaired) electrons. The summed E-state index contributed by atoms with van der Waals surface area (Å²) in [7, 11) is 0. The van der Waals surface area contributed by atoms with Gasteiger partial charge in [-0.3, -0.25) is 0 Å². The summed E-state index contributed by atoms with van der Waals surface area (Å²) >= 11 is 0. The average molecular weight is 246 g/mol. The number of hydrogen-bond donors (Lipinski definition) is 2. The fourth-order valence-corrected chi connectivity index (χ4v) is 1.76. The molecule has 2 N–H and O–H groups in total. The van der Waals surface area contributed by atoms with E-state index in [1.54, 1.807) is 18.3 Å². The summed E-state index contributed by atoms with van der Waals surface area (Å²) in [6.07, 6.45) is 3.68. The predicted molar refractivity (Wildman–Crippen MR) is 69.2 cm³/mol. The molecular formula is C14H18N2O2. The number of nitrogens with zero attached hydrogens (tertiary/aromatic N) is 1. The zero-order valence-corrected chi connectivity index (χ0v) is 10.5. The van der Waals surface area contributed by atoms with Crippen molar-refractivity contribution in [3.63, 3.8) is 0 Å². The second kappa shape index (κ2) is 6.21. The summed E-state index contributed by atoms with van der Waals surface area (Å²) < 4.78 is 5.02. The van der Waals surface area contributed by atoms with Crippen molar-refractivity contribution in [1.29, 1.82) is 0 Å². The van der Waals surface area contributed by atoms with Crippen LogP contribution in [0.15, 0.2) is 41.1 Å². The van der Waals surface area contributed by atoms with Crippen molar-refractivity contribution in [2.75, 3.05) is 0 Å². The number of phenols is 1. The Kier molecular flexibility index (Phi) is 4.36. The van der Waals surface area contributed by atoms with Gasteiger partial charge in [-0.25, -0.2) is 0 Å². The van der Waals surface area contributed by atoms with Gasteiger partial charge in [0.1, 0.15) is 11.5 Å². The minimum Gasteiger partial charge on any atom is -0.508 e. The minimum absolute atomic E-state index is 0.315. The van der Waals surface area contributed by atoms with E-state index < -0.39 is 0 Å². The zero-order chi connectivity index (χ0) is 12.8. The normalized spacial score (nSPS) is 12.5. The number of hydrogen-bond acceptors (Lipinski definition) is 4. The largest absolute Gasteiger partial charge is 0.508 e. The molecule has 1 atom stereocenters. The van der Waals surface area contributed by atoms with Crippen molar-refractivity contribution in [3.05, 3.63) is 47.9 Å².